The van der Waals surface area contributed by atoms with Crippen LogP contribution in [0.3, 0.4) is 0 Å². The highest BCUT2D eigenvalue weighted by molar-refractivity contribution is 9.11. The molecule has 0 unspecified atom stereocenters. The van der Waals surface area contributed by atoms with Crippen molar-refractivity contribution in [3.8, 4) is 32.8 Å². The summed E-state index contributed by atoms with van der Waals surface area (Å²) < 4.78 is 12.3. The minimum Gasteiger partial charge on any atom is -0.484 e. The second-order valence-corrected chi connectivity index (χ2v) is 7.51. The molecule has 4 heterocycles. The third-order valence-corrected chi connectivity index (χ3v) is 5.65. The second kappa shape index (κ2) is 5.40. The van der Waals surface area contributed by atoms with Crippen molar-refractivity contribution in [1.82, 2.24) is 9.97 Å². The predicted octanol–water partition coefficient (Wildman–Crippen LogP) is 4.47. The molecular weight excluding hydrogens is 372 g/mol. The predicted molar refractivity (Wildman–Crippen MR) is 87.3 cm³/mol. The molecule has 7 heteroatoms. The van der Waals surface area contributed by atoms with E-state index in [1.54, 1.807) is 28.9 Å². The van der Waals surface area contributed by atoms with Gasteiger partial charge in [-0.2, -0.15) is 0 Å². The molecule has 0 amide bonds. The van der Waals surface area contributed by atoms with Crippen LogP contribution in [0, 0.1) is 0 Å². The molecule has 0 radical (unpaired) electrons. The third-order valence-electron chi connectivity index (χ3n) is 2.98. The number of ether oxygens (including phenoxy) is 2. The summed E-state index contributed by atoms with van der Waals surface area (Å²) in [5.41, 5.74) is 1.79. The van der Waals surface area contributed by atoms with Gasteiger partial charge in [-0.25, -0.2) is 4.98 Å². The lowest BCUT2D eigenvalue weighted by molar-refractivity contribution is 0.173. The van der Waals surface area contributed by atoms with Crippen LogP contribution in [0.2, 0.25) is 0 Å². The first kappa shape index (κ1) is 13.2. The van der Waals surface area contributed by atoms with Crippen LogP contribution in [0.15, 0.2) is 33.6 Å². The number of fused-ring (bicyclic) bond motifs is 1. The first-order valence-electron chi connectivity index (χ1n) is 6.28. The Morgan fingerprint density at radius 3 is 2.76 bits per heavy atom. The fourth-order valence-electron chi connectivity index (χ4n) is 2.07. The Bertz CT molecular complexity index is 786. The van der Waals surface area contributed by atoms with E-state index in [2.05, 4.69) is 25.9 Å². The van der Waals surface area contributed by atoms with E-state index < -0.39 is 0 Å². The van der Waals surface area contributed by atoms with E-state index in [0.717, 1.165) is 36.6 Å². The average Bonchev–Trinajstić information content (AvgIpc) is 3.14. The Labute approximate surface area is 137 Å². The zero-order valence-electron chi connectivity index (χ0n) is 10.7. The van der Waals surface area contributed by atoms with Gasteiger partial charge in [0.15, 0.2) is 11.5 Å². The van der Waals surface area contributed by atoms with Crippen LogP contribution in [0.4, 0.5) is 0 Å². The van der Waals surface area contributed by atoms with Crippen LogP contribution in [-0.2, 0) is 0 Å². The van der Waals surface area contributed by atoms with Gasteiger partial charge in [-0.1, -0.05) is 6.07 Å². The molecule has 3 aromatic rings. The zero-order valence-corrected chi connectivity index (χ0v) is 13.9. The van der Waals surface area contributed by atoms with E-state index in [4.69, 9.17) is 9.47 Å². The van der Waals surface area contributed by atoms with Gasteiger partial charge in [0.1, 0.15) is 26.9 Å². The fourth-order valence-corrected chi connectivity index (χ4v) is 4.59. The van der Waals surface area contributed by atoms with Gasteiger partial charge < -0.3 is 9.47 Å². The number of aromatic nitrogens is 2. The van der Waals surface area contributed by atoms with Crippen molar-refractivity contribution >= 4 is 38.6 Å². The van der Waals surface area contributed by atoms with Crippen molar-refractivity contribution in [3.05, 3.63) is 33.6 Å². The number of hydrogen-bond donors (Lipinski definition) is 0. The van der Waals surface area contributed by atoms with Crippen molar-refractivity contribution in [2.45, 2.75) is 0 Å². The van der Waals surface area contributed by atoms with Crippen LogP contribution in [0.1, 0.15) is 0 Å². The molecule has 0 saturated carbocycles. The number of pyridine rings is 1. The summed E-state index contributed by atoms with van der Waals surface area (Å²) in [7, 11) is 0. The molecule has 1 aliphatic heterocycles. The van der Waals surface area contributed by atoms with Gasteiger partial charge in [-0.05, 0) is 28.1 Å². The van der Waals surface area contributed by atoms with E-state index in [-0.39, 0.29) is 0 Å². The highest BCUT2D eigenvalue weighted by Gasteiger charge is 2.25. The standard InChI is InChI=1S/C14H9BrN2O2S2/c15-13-11-10(18-5-6-19-11)12(21-13)9-7-20-14(17-9)8-3-1-2-4-16-8/h1-4,7H,5-6H2. The molecule has 106 valence electrons. The maximum absolute atomic E-state index is 5.75. The van der Waals surface area contributed by atoms with Gasteiger partial charge in [0.2, 0.25) is 0 Å². The van der Waals surface area contributed by atoms with Crippen molar-refractivity contribution in [2.24, 2.45) is 0 Å². The Morgan fingerprint density at radius 1 is 1.10 bits per heavy atom. The van der Waals surface area contributed by atoms with Crippen molar-refractivity contribution < 1.29 is 9.47 Å². The topological polar surface area (TPSA) is 44.2 Å². The van der Waals surface area contributed by atoms with Crippen molar-refractivity contribution in [1.29, 1.82) is 0 Å². The summed E-state index contributed by atoms with van der Waals surface area (Å²) in [6.07, 6.45) is 1.77. The third kappa shape index (κ3) is 2.35. The lowest BCUT2D eigenvalue weighted by Gasteiger charge is -2.15. The van der Waals surface area contributed by atoms with Gasteiger partial charge in [0.05, 0.1) is 11.4 Å². The van der Waals surface area contributed by atoms with Crippen molar-refractivity contribution in [2.75, 3.05) is 13.2 Å². The summed E-state index contributed by atoms with van der Waals surface area (Å²) >= 11 is 6.69. The second-order valence-electron chi connectivity index (χ2n) is 4.31. The number of thiazole rings is 1. The molecule has 0 aromatic carbocycles. The molecule has 0 atom stereocenters. The van der Waals surface area contributed by atoms with Gasteiger partial charge in [-0.15, -0.1) is 22.7 Å². The van der Waals surface area contributed by atoms with E-state index in [0.29, 0.717) is 13.2 Å². The van der Waals surface area contributed by atoms with Crippen LogP contribution in [0.25, 0.3) is 21.3 Å². The highest BCUT2D eigenvalue weighted by Crippen LogP contribution is 2.52. The first-order valence-corrected chi connectivity index (χ1v) is 8.77. The number of halogens is 1. The Balaban J connectivity index is 1.77. The summed E-state index contributed by atoms with van der Waals surface area (Å²) in [4.78, 5) is 10.0. The lowest BCUT2D eigenvalue weighted by atomic mass is 10.3. The maximum Gasteiger partial charge on any atom is 0.187 e. The van der Waals surface area contributed by atoms with Crippen LogP contribution >= 0.6 is 38.6 Å². The first-order chi connectivity index (χ1) is 10.3. The Hall–Kier alpha value is -1.44. The van der Waals surface area contributed by atoms with Crippen LogP contribution in [0.5, 0.6) is 11.5 Å². The lowest BCUT2D eigenvalue weighted by Crippen LogP contribution is -2.14. The smallest absolute Gasteiger partial charge is 0.187 e. The SMILES string of the molecule is Brc1sc(-c2csc(-c3ccccn3)n2)c2c1OCCO2. The fraction of sp³-hybridized carbons (Fsp3) is 0.143. The van der Waals surface area contributed by atoms with E-state index in [9.17, 15) is 0 Å². The number of nitrogens with zero attached hydrogens (tertiary/aromatic N) is 2. The quantitative estimate of drug-likeness (QED) is 0.657. The number of hydrogen-bond acceptors (Lipinski definition) is 6. The summed E-state index contributed by atoms with van der Waals surface area (Å²) in [5.74, 6) is 1.57. The molecule has 1 aliphatic rings. The molecule has 0 spiro atoms. The molecule has 21 heavy (non-hydrogen) atoms. The normalized spacial score (nSPS) is 13.4. The molecular formula is C14H9BrN2O2S2. The average molecular weight is 381 g/mol. The van der Waals surface area contributed by atoms with Crippen LogP contribution < -0.4 is 9.47 Å². The van der Waals surface area contributed by atoms with Gasteiger partial charge >= 0.3 is 0 Å². The summed E-state index contributed by atoms with van der Waals surface area (Å²) in [6, 6.07) is 5.82. The molecule has 0 bridgehead atoms. The van der Waals surface area contributed by atoms with Gasteiger partial charge in [-0.3, -0.25) is 4.98 Å². The van der Waals surface area contributed by atoms with Gasteiger partial charge in [0.25, 0.3) is 0 Å². The monoisotopic (exact) mass is 380 g/mol. The molecule has 4 nitrogen and oxygen atoms in total. The Kier molecular flexibility index (Phi) is 3.40. The zero-order chi connectivity index (χ0) is 14.2. The van der Waals surface area contributed by atoms with E-state index in [1.165, 1.54) is 0 Å². The number of rotatable bonds is 2. The molecule has 0 fully saturated rings. The highest BCUT2D eigenvalue weighted by atomic mass is 79.9. The van der Waals surface area contributed by atoms with E-state index in [1.807, 2.05) is 23.6 Å². The molecule has 4 rings (SSSR count). The molecule has 0 N–H and O–H groups in total. The summed E-state index contributed by atoms with van der Waals surface area (Å²) in [6.45, 7) is 1.15. The summed E-state index contributed by atoms with van der Waals surface area (Å²) in [5, 5.41) is 2.93. The molecule has 3 aromatic heterocycles. The minimum absolute atomic E-state index is 0.570. The largest absolute Gasteiger partial charge is 0.484 e. The Morgan fingerprint density at radius 2 is 1.95 bits per heavy atom. The van der Waals surface area contributed by atoms with E-state index >= 15 is 0 Å². The minimum atomic E-state index is 0.570. The van der Waals surface area contributed by atoms with Crippen molar-refractivity contribution in [3.63, 3.8) is 0 Å². The maximum atomic E-state index is 5.75. The van der Waals surface area contributed by atoms with Crippen LogP contribution in [-0.4, -0.2) is 23.2 Å². The molecule has 0 aliphatic carbocycles. The molecule has 0 saturated heterocycles. The number of thiophene rings is 1. The van der Waals surface area contributed by atoms with Gasteiger partial charge in [0, 0.05) is 11.6 Å².